The van der Waals surface area contributed by atoms with E-state index in [9.17, 15) is 26.7 Å². The van der Waals surface area contributed by atoms with E-state index in [4.69, 9.17) is 4.74 Å². The van der Waals surface area contributed by atoms with Gasteiger partial charge in [-0.05, 0) is 24.6 Å². The van der Waals surface area contributed by atoms with Gasteiger partial charge in [-0.25, -0.2) is 8.78 Å². The Bertz CT molecular complexity index is 1000. The first-order chi connectivity index (χ1) is 13.2. The number of H-pyrrole nitrogens is 1. The number of ether oxygens (including phenoxy) is 1. The summed E-state index contributed by atoms with van der Waals surface area (Å²) < 4.78 is 68.9. The van der Waals surface area contributed by atoms with Crippen LogP contribution in [0.15, 0.2) is 36.8 Å². The Morgan fingerprint density at radius 1 is 1.18 bits per heavy atom. The number of amides is 1. The maximum Gasteiger partial charge on any atom is 0.389 e. The molecule has 2 N–H and O–H groups in total. The van der Waals surface area contributed by atoms with E-state index in [1.54, 1.807) is 0 Å². The maximum absolute atomic E-state index is 14.1. The minimum Gasteiger partial charge on any atom is -0.491 e. The average molecular weight is 399 g/mol. The Hall–Kier alpha value is -3.17. The molecule has 28 heavy (non-hydrogen) atoms. The number of pyridine rings is 1. The van der Waals surface area contributed by atoms with Crippen LogP contribution in [0.1, 0.15) is 23.2 Å². The van der Waals surface area contributed by atoms with Crippen molar-refractivity contribution in [3.05, 3.63) is 54.0 Å². The third kappa shape index (κ3) is 4.56. The molecule has 0 saturated heterocycles. The zero-order valence-corrected chi connectivity index (χ0v) is 14.2. The number of aromatic nitrogens is 2. The maximum atomic E-state index is 14.1. The number of nitrogens with one attached hydrogen (secondary N) is 2. The number of benzene rings is 1. The molecule has 0 aliphatic rings. The van der Waals surface area contributed by atoms with Crippen LogP contribution in [0.25, 0.3) is 10.9 Å². The van der Waals surface area contributed by atoms with Crippen LogP contribution >= 0.6 is 0 Å². The molecule has 148 valence electrons. The lowest BCUT2D eigenvalue weighted by atomic mass is 10.2. The fourth-order valence-electron chi connectivity index (χ4n) is 2.52. The predicted octanol–water partition coefficient (Wildman–Crippen LogP) is 4.81. The number of carbonyl (C=O) groups is 1. The second-order valence-corrected chi connectivity index (χ2v) is 5.91. The summed E-state index contributed by atoms with van der Waals surface area (Å²) >= 11 is 0. The van der Waals surface area contributed by atoms with E-state index in [1.807, 2.05) is 0 Å². The van der Waals surface area contributed by atoms with Gasteiger partial charge in [-0.15, -0.1) is 0 Å². The second-order valence-electron chi connectivity index (χ2n) is 5.91. The summed E-state index contributed by atoms with van der Waals surface area (Å²) in [5, 5.41) is 2.86. The van der Waals surface area contributed by atoms with Crippen molar-refractivity contribution in [3.63, 3.8) is 0 Å². The number of fused-ring (bicyclic) bond motifs is 1. The van der Waals surface area contributed by atoms with Crippen molar-refractivity contribution in [2.45, 2.75) is 19.0 Å². The van der Waals surface area contributed by atoms with E-state index >= 15 is 0 Å². The molecule has 0 saturated carbocycles. The van der Waals surface area contributed by atoms with E-state index in [1.165, 1.54) is 18.5 Å². The fraction of sp³-hybridized carbons (Fsp3) is 0.222. The second kappa shape index (κ2) is 7.83. The minimum absolute atomic E-state index is 0.0427. The van der Waals surface area contributed by atoms with Gasteiger partial charge in [0.15, 0.2) is 17.4 Å². The first-order valence-corrected chi connectivity index (χ1v) is 8.15. The number of hydrogen-bond acceptors (Lipinski definition) is 3. The Labute approximate surface area is 155 Å². The molecule has 0 radical (unpaired) electrons. The molecule has 2 aromatic heterocycles. The lowest BCUT2D eigenvalue weighted by Gasteiger charge is -2.10. The van der Waals surface area contributed by atoms with Crippen molar-refractivity contribution in [3.8, 4) is 5.75 Å². The van der Waals surface area contributed by atoms with Crippen molar-refractivity contribution in [1.29, 1.82) is 0 Å². The Morgan fingerprint density at radius 3 is 2.68 bits per heavy atom. The lowest BCUT2D eigenvalue weighted by Crippen LogP contribution is -2.12. The highest BCUT2D eigenvalue weighted by Gasteiger charge is 2.26. The number of alkyl halides is 3. The third-order valence-corrected chi connectivity index (χ3v) is 3.86. The molecular formula is C18H14F5N3O2. The Morgan fingerprint density at radius 2 is 1.96 bits per heavy atom. The molecule has 0 unspecified atom stereocenters. The number of rotatable bonds is 6. The molecule has 5 nitrogen and oxygen atoms in total. The zero-order valence-electron chi connectivity index (χ0n) is 14.2. The van der Waals surface area contributed by atoms with Gasteiger partial charge in [0.1, 0.15) is 0 Å². The largest absolute Gasteiger partial charge is 0.491 e. The molecule has 3 rings (SSSR count). The van der Waals surface area contributed by atoms with Crippen LogP contribution in [0.3, 0.4) is 0 Å². The van der Waals surface area contributed by atoms with E-state index in [0.29, 0.717) is 5.39 Å². The number of hydrogen-bond donors (Lipinski definition) is 2. The first kappa shape index (κ1) is 19.6. The SMILES string of the molecule is O=C(Nc1c[nH]c2c(F)cncc12)c1ccc(OCCCC(F)(F)F)c(F)c1. The molecule has 0 bridgehead atoms. The first-order valence-electron chi connectivity index (χ1n) is 8.15. The van der Waals surface area contributed by atoms with Gasteiger partial charge in [0.2, 0.25) is 0 Å². The van der Waals surface area contributed by atoms with Gasteiger partial charge in [-0.1, -0.05) is 0 Å². The highest BCUT2D eigenvalue weighted by atomic mass is 19.4. The predicted molar refractivity (Wildman–Crippen MR) is 91.2 cm³/mol. The van der Waals surface area contributed by atoms with Gasteiger partial charge >= 0.3 is 6.18 Å². The standard InChI is InChI=1S/C18H14F5N3O2/c19-12-6-10(2-3-15(12)28-5-1-4-18(21,22)23)17(27)26-14-9-25-16-11(14)7-24-8-13(16)20/h2-3,6-9,25H,1,4-5H2,(H,26,27). The summed E-state index contributed by atoms with van der Waals surface area (Å²) in [6.45, 7) is -0.310. The number of anilines is 1. The summed E-state index contributed by atoms with van der Waals surface area (Å²) in [6.07, 6.45) is -1.88. The molecule has 10 heteroatoms. The van der Waals surface area contributed by atoms with Crippen molar-refractivity contribution >= 4 is 22.5 Å². The quantitative estimate of drug-likeness (QED) is 0.462. The number of nitrogens with zero attached hydrogens (tertiary/aromatic N) is 1. The molecule has 1 amide bonds. The highest BCUT2D eigenvalue weighted by molar-refractivity contribution is 6.08. The molecule has 0 aliphatic heterocycles. The van der Waals surface area contributed by atoms with Gasteiger partial charge in [0, 0.05) is 29.8 Å². The zero-order chi connectivity index (χ0) is 20.3. The fourth-order valence-corrected chi connectivity index (χ4v) is 2.52. The lowest BCUT2D eigenvalue weighted by molar-refractivity contribution is -0.136. The normalized spacial score (nSPS) is 11.6. The van der Waals surface area contributed by atoms with E-state index in [2.05, 4.69) is 15.3 Å². The van der Waals surface area contributed by atoms with Crippen LogP contribution in [-0.2, 0) is 0 Å². The van der Waals surface area contributed by atoms with Crippen molar-refractivity contribution < 1.29 is 31.5 Å². The summed E-state index contributed by atoms with van der Waals surface area (Å²) in [6, 6.07) is 3.33. The van der Waals surface area contributed by atoms with Gasteiger partial charge < -0.3 is 15.0 Å². The average Bonchev–Trinajstić information content (AvgIpc) is 3.03. The monoisotopic (exact) mass is 399 g/mol. The summed E-state index contributed by atoms with van der Waals surface area (Å²) in [4.78, 5) is 18.7. The van der Waals surface area contributed by atoms with Crippen LogP contribution in [0.4, 0.5) is 27.6 Å². The molecular weight excluding hydrogens is 385 g/mol. The molecule has 0 fully saturated rings. The molecule has 2 heterocycles. The summed E-state index contributed by atoms with van der Waals surface area (Å²) in [7, 11) is 0. The molecule has 3 aromatic rings. The van der Waals surface area contributed by atoms with Crippen molar-refractivity contribution in [2.24, 2.45) is 0 Å². The van der Waals surface area contributed by atoms with Crippen LogP contribution in [-0.4, -0.2) is 28.7 Å². The van der Waals surface area contributed by atoms with Crippen LogP contribution < -0.4 is 10.1 Å². The van der Waals surface area contributed by atoms with E-state index in [0.717, 1.165) is 18.3 Å². The van der Waals surface area contributed by atoms with Gasteiger partial charge in [0.05, 0.1) is 24.0 Å². The Balaban J connectivity index is 1.66. The third-order valence-electron chi connectivity index (χ3n) is 3.86. The topological polar surface area (TPSA) is 67.0 Å². The molecule has 0 atom stereocenters. The van der Waals surface area contributed by atoms with Crippen LogP contribution in [0.2, 0.25) is 0 Å². The number of halogens is 5. The van der Waals surface area contributed by atoms with Crippen LogP contribution in [0.5, 0.6) is 5.75 Å². The van der Waals surface area contributed by atoms with E-state index < -0.39 is 30.1 Å². The van der Waals surface area contributed by atoms with E-state index in [-0.39, 0.29) is 35.5 Å². The molecule has 0 aliphatic carbocycles. The van der Waals surface area contributed by atoms with Crippen LogP contribution in [0, 0.1) is 11.6 Å². The van der Waals surface area contributed by atoms with Gasteiger partial charge in [-0.3, -0.25) is 9.78 Å². The van der Waals surface area contributed by atoms with Crippen molar-refractivity contribution in [1.82, 2.24) is 9.97 Å². The molecule has 1 aromatic carbocycles. The number of carbonyl (C=O) groups excluding carboxylic acids is 1. The van der Waals surface area contributed by atoms with Crippen molar-refractivity contribution in [2.75, 3.05) is 11.9 Å². The highest BCUT2D eigenvalue weighted by Crippen LogP contribution is 2.26. The van der Waals surface area contributed by atoms with Gasteiger partial charge in [0.25, 0.3) is 5.91 Å². The summed E-state index contributed by atoms with van der Waals surface area (Å²) in [5.74, 6) is -2.38. The van der Waals surface area contributed by atoms with Gasteiger partial charge in [-0.2, -0.15) is 13.2 Å². The number of aromatic amines is 1. The molecule has 0 spiro atoms. The summed E-state index contributed by atoms with van der Waals surface area (Å²) in [5.41, 5.74) is 0.387. The Kier molecular flexibility index (Phi) is 5.48. The minimum atomic E-state index is -4.30. The smallest absolute Gasteiger partial charge is 0.389 e.